The van der Waals surface area contributed by atoms with Gasteiger partial charge in [-0.1, -0.05) is 17.7 Å². The van der Waals surface area contributed by atoms with Crippen LogP contribution in [0, 0.1) is 6.92 Å². The highest BCUT2D eigenvalue weighted by molar-refractivity contribution is 6.33. The standard InChI is InChI=1S/C20H23ClN2O3/c1-13(2)26-17(12-24)10-15-6-7-22-16(9-15)11-23-20(25)18-5-4-14(3)8-19(18)21/h4-9,12-13,17H,10-11H2,1-3H3,(H,23,25). The molecule has 2 aromatic rings. The van der Waals surface area contributed by atoms with E-state index < -0.39 is 6.10 Å². The lowest BCUT2D eigenvalue weighted by molar-refractivity contribution is -0.120. The van der Waals surface area contributed by atoms with Gasteiger partial charge in [-0.2, -0.15) is 0 Å². The molecule has 1 N–H and O–H groups in total. The van der Waals surface area contributed by atoms with E-state index in [0.29, 0.717) is 22.7 Å². The normalized spacial score (nSPS) is 12.0. The monoisotopic (exact) mass is 374 g/mol. The fraction of sp³-hybridized carbons (Fsp3) is 0.350. The molecule has 0 radical (unpaired) electrons. The average molecular weight is 375 g/mol. The molecule has 0 saturated carbocycles. The zero-order valence-electron chi connectivity index (χ0n) is 15.2. The summed E-state index contributed by atoms with van der Waals surface area (Å²) < 4.78 is 5.55. The van der Waals surface area contributed by atoms with Crippen molar-refractivity contribution >= 4 is 23.8 Å². The van der Waals surface area contributed by atoms with Gasteiger partial charge in [-0.15, -0.1) is 0 Å². The molecule has 0 aliphatic carbocycles. The van der Waals surface area contributed by atoms with E-state index in [1.54, 1.807) is 18.3 Å². The van der Waals surface area contributed by atoms with Crippen molar-refractivity contribution in [3.05, 3.63) is 63.9 Å². The van der Waals surface area contributed by atoms with E-state index in [-0.39, 0.29) is 18.6 Å². The van der Waals surface area contributed by atoms with Crippen LogP contribution in [0.5, 0.6) is 0 Å². The number of pyridine rings is 1. The van der Waals surface area contributed by atoms with Crippen LogP contribution in [0.1, 0.15) is 41.0 Å². The molecule has 0 saturated heterocycles. The molecule has 5 nitrogen and oxygen atoms in total. The topological polar surface area (TPSA) is 68.3 Å². The minimum Gasteiger partial charge on any atom is -0.368 e. The summed E-state index contributed by atoms with van der Waals surface area (Å²) in [6.45, 7) is 5.96. The number of halogens is 1. The van der Waals surface area contributed by atoms with Crippen LogP contribution < -0.4 is 5.32 Å². The molecule has 2 rings (SSSR count). The number of aromatic nitrogens is 1. The number of hydrogen-bond acceptors (Lipinski definition) is 4. The van der Waals surface area contributed by atoms with E-state index in [9.17, 15) is 9.59 Å². The minimum absolute atomic E-state index is 0.0231. The molecule has 0 fully saturated rings. The van der Waals surface area contributed by atoms with Crippen molar-refractivity contribution in [1.82, 2.24) is 10.3 Å². The number of carbonyl (C=O) groups is 2. The molecule has 1 aromatic heterocycles. The zero-order chi connectivity index (χ0) is 19.1. The van der Waals surface area contributed by atoms with Crippen LogP contribution >= 0.6 is 11.6 Å². The predicted molar refractivity (Wildman–Crippen MR) is 101 cm³/mol. The third-order valence-electron chi connectivity index (χ3n) is 3.72. The summed E-state index contributed by atoms with van der Waals surface area (Å²) in [7, 11) is 0. The Morgan fingerprint density at radius 2 is 2.08 bits per heavy atom. The number of aryl methyl sites for hydroxylation is 1. The minimum atomic E-state index is -0.494. The van der Waals surface area contributed by atoms with E-state index in [4.69, 9.17) is 16.3 Å². The highest BCUT2D eigenvalue weighted by atomic mass is 35.5. The number of rotatable bonds is 8. The van der Waals surface area contributed by atoms with Crippen LogP contribution in [-0.2, 0) is 22.5 Å². The molecule has 0 aliphatic rings. The van der Waals surface area contributed by atoms with E-state index in [0.717, 1.165) is 17.4 Å². The molecule has 1 amide bonds. The molecular formula is C20H23ClN2O3. The first kappa shape index (κ1) is 20.1. The lowest BCUT2D eigenvalue weighted by Gasteiger charge is -2.15. The molecule has 0 bridgehead atoms. The van der Waals surface area contributed by atoms with E-state index in [2.05, 4.69) is 10.3 Å². The van der Waals surface area contributed by atoms with E-state index in [1.165, 1.54) is 0 Å². The number of benzene rings is 1. The summed E-state index contributed by atoms with van der Waals surface area (Å²) in [5, 5.41) is 3.24. The first-order valence-electron chi connectivity index (χ1n) is 8.48. The second-order valence-corrected chi connectivity index (χ2v) is 6.79. The second-order valence-electron chi connectivity index (χ2n) is 6.38. The lowest BCUT2D eigenvalue weighted by atomic mass is 10.1. The largest absolute Gasteiger partial charge is 0.368 e. The van der Waals surface area contributed by atoms with Gasteiger partial charge in [0.1, 0.15) is 12.4 Å². The van der Waals surface area contributed by atoms with E-state index >= 15 is 0 Å². The Kier molecular flexibility index (Phi) is 7.30. The maximum Gasteiger partial charge on any atom is 0.253 e. The van der Waals surface area contributed by atoms with Gasteiger partial charge >= 0.3 is 0 Å². The van der Waals surface area contributed by atoms with Gasteiger partial charge in [-0.05, 0) is 56.2 Å². The molecule has 1 atom stereocenters. The zero-order valence-corrected chi connectivity index (χ0v) is 15.9. The van der Waals surface area contributed by atoms with Crippen molar-refractivity contribution in [3.8, 4) is 0 Å². The number of nitrogens with one attached hydrogen (secondary N) is 1. The van der Waals surface area contributed by atoms with Gasteiger partial charge in [0.05, 0.1) is 28.9 Å². The Bertz CT molecular complexity index is 777. The van der Waals surface area contributed by atoms with Gasteiger partial charge in [0.15, 0.2) is 0 Å². The third kappa shape index (κ3) is 5.93. The Morgan fingerprint density at radius 1 is 1.31 bits per heavy atom. The number of aldehydes is 1. The summed E-state index contributed by atoms with van der Waals surface area (Å²) in [4.78, 5) is 27.7. The summed E-state index contributed by atoms with van der Waals surface area (Å²) >= 11 is 6.12. The molecule has 1 heterocycles. The van der Waals surface area contributed by atoms with Crippen LogP contribution in [-0.4, -0.2) is 29.4 Å². The Hall–Kier alpha value is -2.24. The fourth-order valence-corrected chi connectivity index (χ4v) is 2.85. The number of ether oxygens (including phenoxy) is 1. The Balaban J connectivity index is 1.99. The maximum absolute atomic E-state index is 12.3. The van der Waals surface area contributed by atoms with Crippen LogP contribution in [0.15, 0.2) is 36.5 Å². The van der Waals surface area contributed by atoms with Crippen LogP contribution in [0.4, 0.5) is 0 Å². The first-order valence-corrected chi connectivity index (χ1v) is 8.85. The molecule has 6 heteroatoms. The summed E-state index contributed by atoms with van der Waals surface area (Å²) in [5.41, 5.74) is 3.05. The van der Waals surface area contributed by atoms with Gasteiger partial charge < -0.3 is 14.8 Å². The van der Waals surface area contributed by atoms with Gasteiger partial charge in [0.2, 0.25) is 0 Å². The van der Waals surface area contributed by atoms with Gasteiger partial charge in [0.25, 0.3) is 5.91 Å². The highest BCUT2D eigenvalue weighted by Gasteiger charge is 2.13. The highest BCUT2D eigenvalue weighted by Crippen LogP contribution is 2.17. The molecule has 1 aromatic carbocycles. The lowest BCUT2D eigenvalue weighted by Crippen LogP contribution is -2.24. The number of nitrogens with zero attached hydrogens (tertiary/aromatic N) is 1. The molecule has 0 spiro atoms. The van der Waals surface area contributed by atoms with Crippen molar-refractivity contribution in [2.24, 2.45) is 0 Å². The number of hydrogen-bond donors (Lipinski definition) is 1. The molecule has 138 valence electrons. The Morgan fingerprint density at radius 3 is 2.73 bits per heavy atom. The van der Waals surface area contributed by atoms with Crippen LogP contribution in [0.3, 0.4) is 0 Å². The van der Waals surface area contributed by atoms with E-state index in [1.807, 2.05) is 39.0 Å². The van der Waals surface area contributed by atoms with Crippen LogP contribution in [0.2, 0.25) is 5.02 Å². The molecule has 26 heavy (non-hydrogen) atoms. The molecule has 1 unspecified atom stereocenters. The first-order chi connectivity index (χ1) is 12.4. The van der Waals surface area contributed by atoms with Crippen molar-refractivity contribution in [2.75, 3.05) is 0 Å². The van der Waals surface area contributed by atoms with Crippen molar-refractivity contribution in [3.63, 3.8) is 0 Å². The quantitative estimate of drug-likeness (QED) is 0.718. The number of amides is 1. The number of carbonyl (C=O) groups excluding carboxylic acids is 2. The smallest absolute Gasteiger partial charge is 0.253 e. The van der Waals surface area contributed by atoms with Gasteiger partial charge in [-0.25, -0.2) is 0 Å². The fourth-order valence-electron chi connectivity index (χ4n) is 2.53. The van der Waals surface area contributed by atoms with Crippen molar-refractivity contribution in [2.45, 2.75) is 45.9 Å². The maximum atomic E-state index is 12.3. The second kappa shape index (κ2) is 9.46. The predicted octanol–water partition coefficient (Wildman–Crippen LogP) is 3.51. The summed E-state index contributed by atoms with van der Waals surface area (Å²) in [6, 6.07) is 8.99. The van der Waals surface area contributed by atoms with Crippen molar-refractivity contribution in [1.29, 1.82) is 0 Å². The van der Waals surface area contributed by atoms with Gasteiger partial charge in [0, 0.05) is 12.6 Å². The third-order valence-corrected chi connectivity index (χ3v) is 4.03. The van der Waals surface area contributed by atoms with Gasteiger partial charge in [-0.3, -0.25) is 9.78 Å². The Labute approximate surface area is 158 Å². The molecule has 0 aliphatic heterocycles. The van der Waals surface area contributed by atoms with Crippen molar-refractivity contribution < 1.29 is 14.3 Å². The summed E-state index contributed by atoms with van der Waals surface area (Å²) in [6.07, 6.45) is 2.42. The van der Waals surface area contributed by atoms with Crippen LogP contribution in [0.25, 0.3) is 0 Å². The molecular weight excluding hydrogens is 352 g/mol. The average Bonchev–Trinajstić information content (AvgIpc) is 2.59. The summed E-state index contributed by atoms with van der Waals surface area (Å²) in [5.74, 6) is -0.254. The SMILES string of the molecule is Cc1ccc(C(=O)NCc2cc(CC(C=O)OC(C)C)ccn2)c(Cl)c1.